The highest BCUT2D eigenvalue weighted by Gasteiger charge is 2.39. The normalized spacial score (nSPS) is 19.7. The second-order valence-corrected chi connectivity index (χ2v) is 6.44. The van der Waals surface area contributed by atoms with Gasteiger partial charge in [0.25, 0.3) is 5.91 Å². The number of thioether (sulfide) groups is 1. The first-order valence-corrected chi connectivity index (χ1v) is 8.46. The first-order chi connectivity index (χ1) is 11.2. The third-order valence-corrected chi connectivity index (χ3v) is 4.72. The van der Waals surface area contributed by atoms with Gasteiger partial charge in [-0.05, 0) is 48.4 Å². The van der Waals surface area contributed by atoms with Crippen LogP contribution in [0.25, 0.3) is 0 Å². The minimum absolute atomic E-state index is 0.350. The van der Waals surface area contributed by atoms with Gasteiger partial charge in [0.2, 0.25) is 0 Å². The Kier molecular flexibility index (Phi) is 4.65. The van der Waals surface area contributed by atoms with Crippen molar-refractivity contribution in [3.8, 4) is 11.8 Å². The van der Waals surface area contributed by atoms with E-state index in [1.54, 1.807) is 30.1 Å². The summed E-state index contributed by atoms with van der Waals surface area (Å²) in [6, 6.07) is 12.8. The molecule has 1 unspecified atom stereocenters. The van der Waals surface area contributed by atoms with Crippen LogP contribution in [0.2, 0.25) is 0 Å². The highest BCUT2D eigenvalue weighted by atomic mass is 32.2. The summed E-state index contributed by atoms with van der Waals surface area (Å²) < 4.78 is 0. The SMILES string of the molecule is O=C(Nc1cccc(C#Cc2ccccn2)c1)C1(O)CCSC1. The van der Waals surface area contributed by atoms with E-state index in [0.29, 0.717) is 23.6 Å². The topological polar surface area (TPSA) is 62.2 Å². The molecular weight excluding hydrogens is 308 g/mol. The van der Waals surface area contributed by atoms with Crippen LogP contribution in [0.1, 0.15) is 17.7 Å². The zero-order valence-electron chi connectivity index (χ0n) is 12.5. The van der Waals surface area contributed by atoms with Gasteiger partial charge in [-0.2, -0.15) is 11.8 Å². The fourth-order valence-electron chi connectivity index (χ4n) is 2.23. The number of benzene rings is 1. The largest absolute Gasteiger partial charge is 0.379 e. The van der Waals surface area contributed by atoms with Crippen LogP contribution in [0.15, 0.2) is 48.7 Å². The maximum Gasteiger partial charge on any atom is 0.257 e. The molecule has 1 amide bonds. The lowest BCUT2D eigenvalue weighted by molar-refractivity contribution is -0.131. The van der Waals surface area contributed by atoms with Crippen LogP contribution < -0.4 is 5.32 Å². The van der Waals surface area contributed by atoms with E-state index in [1.807, 2.05) is 30.3 Å². The summed E-state index contributed by atoms with van der Waals surface area (Å²) in [4.78, 5) is 16.4. The lowest BCUT2D eigenvalue weighted by Gasteiger charge is -2.20. The van der Waals surface area contributed by atoms with Gasteiger partial charge < -0.3 is 10.4 Å². The Balaban J connectivity index is 1.73. The Bertz CT molecular complexity index is 759. The van der Waals surface area contributed by atoms with Gasteiger partial charge in [-0.3, -0.25) is 4.79 Å². The van der Waals surface area contributed by atoms with Gasteiger partial charge in [0.1, 0.15) is 5.69 Å². The molecule has 1 aliphatic heterocycles. The number of aromatic nitrogens is 1. The van der Waals surface area contributed by atoms with Crippen molar-refractivity contribution in [2.45, 2.75) is 12.0 Å². The van der Waals surface area contributed by atoms with Crippen molar-refractivity contribution in [2.75, 3.05) is 16.8 Å². The fraction of sp³-hybridized carbons (Fsp3) is 0.222. The van der Waals surface area contributed by atoms with Crippen molar-refractivity contribution in [3.05, 3.63) is 59.9 Å². The van der Waals surface area contributed by atoms with Gasteiger partial charge in [0.05, 0.1) is 0 Å². The molecule has 5 heteroatoms. The van der Waals surface area contributed by atoms with Gasteiger partial charge in [0.15, 0.2) is 5.60 Å². The van der Waals surface area contributed by atoms with Crippen molar-refractivity contribution < 1.29 is 9.90 Å². The lowest BCUT2D eigenvalue weighted by Crippen LogP contribution is -2.42. The van der Waals surface area contributed by atoms with Crippen molar-refractivity contribution in [1.82, 2.24) is 4.98 Å². The smallest absolute Gasteiger partial charge is 0.257 e. The molecule has 4 nitrogen and oxygen atoms in total. The van der Waals surface area contributed by atoms with Crippen LogP contribution in [0.4, 0.5) is 5.69 Å². The Morgan fingerprint density at radius 1 is 1.26 bits per heavy atom. The van der Waals surface area contributed by atoms with E-state index in [4.69, 9.17) is 0 Å². The molecule has 1 saturated heterocycles. The first kappa shape index (κ1) is 15.6. The Hall–Kier alpha value is -2.29. The van der Waals surface area contributed by atoms with E-state index in [1.165, 1.54) is 0 Å². The highest BCUT2D eigenvalue weighted by Crippen LogP contribution is 2.29. The Labute approximate surface area is 139 Å². The van der Waals surface area contributed by atoms with Crippen molar-refractivity contribution in [1.29, 1.82) is 0 Å². The molecule has 0 bridgehead atoms. The zero-order valence-corrected chi connectivity index (χ0v) is 13.3. The molecular formula is C18H16N2O2S. The maximum atomic E-state index is 12.2. The number of nitrogens with zero attached hydrogens (tertiary/aromatic N) is 1. The van der Waals surface area contributed by atoms with E-state index < -0.39 is 5.60 Å². The summed E-state index contributed by atoms with van der Waals surface area (Å²) in [5.41, 5.74) is 0.842. The molecule has 1 atom stereocenters. The predicted octanol–water partition coefficient (Wildman–Crippen LogP) is 2.29. The number of anilines is 1. The molecule has 2 heterocycles. The third-order valence-electron chi connectivity index (χ3n) is 3.54. The van der Waals surface area contributed by atoms with Crippen LogP contribution in [-0.2, 0) is 4.79 Å². The number of hydrogen-bond acceptors (Lipinski definition) is 4. The molecule has 0 radical (unpaired) electrons. The summed E-state index contributed by atoms with van der Waals surface area (Å²) in [6.45, 7) is 0. The number of rotatable bonds is 2. The molecule has 1 aromatic carbocycles. The van der Waals surface area contributed by atoms with Crippen LogP contribution >= 0.6 is 11.8 Å². The number of amides is 1. The van der Waals surface area contributed by atoms with E-state index in [0.717, 1.165) is 11.3 Å². The Morgan fingerprint density at radius 3 is 2.91 bits per heavy atom. The highest BCUT2D eigenvalue weighted by molar-refractivity contribution is 7.99. The van der Waals surface area contributed by atoms with Gasteiger partial charge >= 0.3 is 0 Å². The molecule has 1 aliphatic rings. The van der Waals surface area contributed by atoms with E-state index in [2.05, 4.69) is 22.1 Å². The van der Waals surface area contributed by atoms with Crippen LogP contribution in [0.3, 0.4) is 0 Å². The monoisotopic (exact) mass is 324 g/mol. The second kappa shape index (κ2) is 6.86. The van der Waals surface area contributed by atoms with E-state index in [9.17, 15) is 9.90 Å². The number of nitrogens with one attached hydrogen (secondary N) is 1. The molecule has 0 aliphatic carbocycles. The molecule has 2 N–H and O–H groups in total. The minimum Gasteiger partial charge on any atom is -0.379 e. The van der Waals surface area contributed by atoms with Crippen molar-refractivity contribution in [3.63, 3.8) is 0 Å². The summed E-state index contributed by atoms with van der Waals surface area (Å²) in [5.74, 6) is 6.90. The van der Waals surface area contributed by atoms with Gasteiger partial charge in [-0.15, -0.1) is 0 Å². The zero-order chi connectivity index (χ0) is 16.1. The summed E-state index contributed by atoms with van der Waals surface area (Å²) >= 11 is 1.59. The Morgan fingerprint density at radius 2 is 2.17 bits per heavy atom. The first-order valence-electron chi connectivity index (χ1n) is 7.30. The molecule has 1 fully saturated rings. The quantitative estimate of drug-likeness (QED) is 0.832. The molecule has 116 valence electrons. The number of aliphatic hydroxyl groups is 1. The number of carbonyl (C=O) groups excluding carboxylic acids is 1. The second-order valence-electron chi connectivity index (χ2n) is 5.33. The van der Waals surface area contributed by atoms with Crippen LogP contribution in [0.5, 0.6) is 0 Å². The van der Waals surface area contributed by atoms with Gasteiger partial charge in [0, 0.05) is 23.2 Å². The van der Waals surface area contributed by atoms with E-state index >= 15 is 0 Å². The predicted molar refractivity (Wildman–Crippen MR) is 92.2 cm³/mol. The molecule has 0 saturated carbocycles. The lowest BCUT2D eigenvalue weighted by atomic mass is 10.0. The summed E-state index contributed by atoms with van der Waals surface area (Å²) in [6.07, 6.45) is 2.18. The van der Waals surface area contributed by atoms with E-state index in [-0.39, 0.29) is 5.91 Å². The number of pyridine rings is 1. The van der Waals surface area contributed by atoms with Crippen molar-refractivity contribution >= 4 is 23.4 Å². The molecule has 1 aromatic heterocycles. The number of hydrogen-bond donors (Lipinski definition) is 2. The third kappa shape index (κ3) is 3.92. The number of carbonyl (C=O) groups is 1. The standard InChI is InChI=1S/C18H16N2O2S/c21-17(18(22)9-11-23-13-18)20-16-6-3-4-14(12-16)7-8-15-5-1-2-10-19-15/h1-6,10,12,22H,9,11,13H2,(H,20,21). The average molecular weight is 324 g/mol. The summed E-state index contributed by atoms with van der Waals surface area (Å²) in [5, 5.41) is 13.1. The fourth-order valence-corrected chi connectivity index (χ4v) is 3.47. The maximum absolute atomic E-state index is 12.2. The minimum atomic E-state index is -1.26. The van der Waals surface area contributed by atoms with Gasteiger partial charge in [-0.25, -0.2) is 4.98 Å². The van der Waals surface area contributed by atoms with Gasteiger partial charge in [-0.1, -0.05) is 18.1 Å². The summed E-state index contributed by atoms with van der Waals surface area (Å²) in [7, 11) is 0. The molecule has 23 heavy (non-hydrogen) atoms. The molecule has 0 spiro atoms. The molecule has 3 rings (SSSR count). The van der Waals surface area contributed by atoms with Crippen LogP contribution in [-0.4, -0.2) is 33.1 Å². The van der Waals surface area contributed by atoms with Crippen molar-refractivity contribution in [2.24, 2.45) is 0 Å². The molecule has 2 aromatic rings. The average Bonchev–Trinajstić information content (AvgIpc) is 3.02. The van der Waals surface area contributed by atoms with Crippen LogP contribution in [0, 0.1) is 11.8 Å².